The van der Waals surface area contributed by atoms with Crippen molar-refractivity contribution in [2.75, 3.05) is 6.54 Å². The van der Waals surface area contributed by atoms with Crippen molar-refractivity contribution in [2.45, 2.75) is 4.83 Å². The van der Waals surface area contributed by atoms with Crippen molar-refractivity contribution in [3.8, 4) is 0 Å². The maximum Gasteiger partial charge on any atom is 0.318 e. The number of rotatable bonds is 3. The van der Waals surface area contributed by atoms with E-state index in [1.807, 2.05) is 21.2 Å². The summed E-state index contributed by atoms with van der Waals surface area (Å²) in [5.41, 5.74) is -0.366. The van der Waals surface area contributed by atoms with Gasteiger partial charge in [0.1, 0.15) is 0 Å². The Balaban J connectivity index is 2.66. The van der Waals surface area contributed by atoms with Gasteiger partial charge in [-0.3, -0.25) is 4.79 Å². The van der Waals surface area contributed by atoms with Crippen molar-refractivity contribution < 1.29 is 18.0 Å². The smallest absolute Gasteiger partial charge is 0.318 e. The first-order chi connectivity index (χ1) is 6.90. The van der Waals surface area contributed by atoms with Crippen LogP contribution in [0, 0.1) is 5.95 Å². The fourth-order valence-corrected chi connectivity index (χ4v) is 0.971. The first kappa shape index (κ1) is 12.0. The predicted octanol–water partition coefficient (Wildman–Crippen LogP) is 1.94. The number of nitrogens with one attached hydrogen (secondary N) is 1. The summed E-state index contributed by atoms with van der Waals surface area (Å²) in [4.78, 5) is 11.2. The third-order valence-electron chi connectivity index (χ3n) is 1.45. The van der Waals surface area contributed by atoms with Gasteiger partial charge in [0, 0.05) is 6.20 Å². The van der Waals surface area contributed by atoms with Crippen LogP contribution in [-0.2, 0) is 0 Å². The second kappa shape index (κ2) is 4.61. The minimum atomic E-state index is -3.21. The Morgan fingerprint density at radius 1 is 1.60 bits per heavy atom. The van der Waals surface area contributed by atoms with Crippen LogP contribution in [0.4, 0.5) is 13.2 Å². The normalized spacial score (nSPS) is 11.2. The molecule has 0 fully saturated rings. The van der Waals surface area contributed by atoms with Gasteiger partial charge in [-0.1, -0.05) is 0 Å². The summed E-state index contributed by atoms with van der Waals surface area (Å²) in [6.45, 7) is -0.917. The van der Waals surface area contributed by atoms with Crippen LogP contribution in [-0.4, -0.2) is 22.3 Å². The molecule has 0 spiro atoms. The number of pyridine rings is 1. The molecule has 0 radical (unpaired) electrons. The largest absolute Gasteiger partial charge is 0.345 e. The summed E-state index contributed by atoms with van der Waals surface area (Å²) in [5, 5.41) is 1.86. The third-order valence-corrected chi connectivity index (χ3v) is 1.73. The van der Waals surface area contributed by atoms with Gasteiger partial charge in [0.25, 0.3) is 5.91 Å². The second-order valence-electron chi connectivity index (χ2n) is 2.64. The van der Waals surface area contributed by atoms with Gasteiger partial charge in [0.2, 0.25) is 5.95 Å². The molecule has 1 aromatic rings. The van der Waals surface area contributed by atoms with Crippen LogP contribution in [0.25, 0.3) is 0 Å². The molecule has 0 aliphatic rings. The maximum atomic E-state index is 12.9. The topological polar surface area (TPSA) is 42.0 Å². The molecule has 0 bridgehead atoms. The summed E-state index contributed by atoms with van der Waals surface area (Å²) in [6, 6.07) is 2.49. The Morgan fingerprint density at radius 3 is 2.80 bits per heavy atom. The summed E-state index contributed by atoms with van der Waals surface area (Å²) < 4.78 is 37.5. The molecule has 0 unspecified atom stereocenters. The molecule has 3 nitrogen and oxygen atoms in total. The standard InChI is InChI=1S/C8H6BrF3N2O/c9-8(11,12)4-14-7(15)5-2-1-3-13-6(5)10/h1-3H,4H2,(H,14,15). The van der Waals surface area contributed by atoms with Gasteiger partial charge in [0.15, 0.2) is 0 Å². The molecule has 0 aliphatic carbocycles. The van der Waals surface area contributed by atoms with Crippen LogP contribution in [0.1, 0.15) is 10.4 Å². The summed E-state index contributed by atoms with van der Waals surface area (Å²) in [6.07, 6.45) is 1.16. The summed E-state index contributed by atoms with van der Waals surface area (Å²) in [7, 11) is 0. The van der Waals surface area contributed by atoms with Crippen LogP contribution in [0.2, 0.25) is 0 Å². The molecule has 0 atom stereocenters. The highest BCUT2D eigenvalue weighted by molar-refractivity contribution is 9.10. The number of aromatic nitrogens is 1. The van der Waals surface area contributed by atoms with Crippen molar-refractivity contribution in [3.63, 3.8) is 0 Å². The average Bonchev–Trinajstić information content (AvgIpc) is 2.14. The minimum Gasteiger partial charge on any atom is -0.345 e. The maximum absolute atomic E-state index is 12.9. The summed E-state index contributed by atoms with van der Waals surface area (Å²) >= 11 is 2.04. The number of hydrogen-bond acceptors (Lipinski definition) is 2. The monoisotopic (exact) mass is 282 g/mol. The van der Waals surface area contributed by atoms with E-state index < -0.39 is 23.2 Å². The number of nitrogens with zero attached hydrogens (tertiary/aromatic N) is 1. The molecule has 0 aromatic carbocycles. The van der Waals surface area contributed by atoms with Crippen LogP contribution < -0.4 is 5.32 Å². The van der Waals surface area contributed by atoms with E-state index in [1.54, 1.807) is 0 Å². The molecule has 1 heterocycles. The highest BCUT2D eigenvalue weighted by Gasteiger charge is 2.25. The zero-order valence-electron chi connectivity index (χ0n) is 7.31. The molecule has 15 heavy (non-hydrogen) atoms. The predicted molar refractivity (Wildman–Crippen MR) is 50.4 cm³/mol. The zero-order chi connectivity index (χ0) is 11.5. The molecule has 82 valence electrons. The minimum absolute atomic E-state index is 0.366. The van der Waals surface area contributed by atoms with E-state index in [1.165, 1.54) is 6.07 Å². The average molecular weight is 283 g/mol. The van der Waals surface area contributed by atoms with Crippen molar-refractivity contribution in [1.29, 1.82) is 0 Å². The van der Waals surface area contributed by atoms with Crippen LogP contribution in [0.5, 0.6) is 0 Å². The first-order valence-electron chi connectivity index (χ1n) is 3.85. The lowest BCUT2D eigenvalue weighted by Gasteiger charge is -2.09. The molecule has 0 saturated heterocycles. The number of carbonyl (C=O) groups is 1. The van der Waals surface area contributed by atoms with Crippen molar-refractivity contribution >= 4 is 21.8 Å². The zero-order valence-corrected chi connectivity index (χ0v) is 8.89. The molecular formula is C8H6BrF3N2O. The number of alkyl halides is 3. The Bertz CT molecular complexity index is 367. The molecule has 0 saturated carbocycles. The van der Waals surface area contributed by atoms with E-state index in [4.69, 9.17) is 0 Å². The van der Waals surface area contributed by atoms with Crippen molar-refractivity contribution in [3.05, 3.63) is 29.8 Å². The lowest BCUT2D eigenvalue weighted by molar-refractivity contribution is 0.0831. The van der Waals surface area contributed by atoms with Gasteiger partial charge in [-0.05, 0) is 28.1 Å². The molecule has 0 aliphatic heterocycles. The van der Waals surface area contributed by atoms with E-state index in [-0.39, 0.29) is 5.56 Å². The third kappa shape index (κ3) is 3.86. The van der Waals surface area contributed by atoms with Gasteiger partial charge < -0.3 is 5.32 Å². The van der Waals surface area contributed by atoms with E-state index >= 15 is 0 Å². The molecule has 7 heteroatoms. The Hall–Kier alpha value is -1.11. The highest BCUT2D eigenvalue weighted by atomic mass is 79.9. The van der Waals surface area contributed by atoms with Gasteiger partial charge in [-0.25, -0.2) is 4.98 Å². The fraction of sp³-hybridized carbons (Fsp3) is 0.250. The number of amides is 1. The Labute approximate surface area is 91.8 Å². The van der Waals surface area contributed by atoms with E-state index in [9.17, 15) is 18.0 Å². The van der Waals surface area contributed by atoms with Crippen LogP contribution in [0.3, 0.4) is 0 Å². The number of hydrogen-bond donors (Lipinski definition) is 1. The van der Waals surface area contributed by atoms with Gasteiger partial charge in [0.05, 0.1) is 12.1 Å². The lowest BCUT2D eigenvalue weighted by atomic mass is 10.2. The molecule has 1 rings (SSSR count). The van der Waals surface area contributed by atoms with Crippen LogP contribution in [0.15, 0.2) is 18.3 Å². The van der Waals surface area contributed by atoms with Gasteiger partial charge in [-0.2, -0.15) is 13.2 Å². The first-order valence-corrected chi connectivity index (χ1v) is 4.65. The molecule has 1 amide bonds. The van der Waals surface area contributed by atoms with E-state index in [0.717, 1.165) is 12.3 Å². The molecular weight excluding hydrogens is 277 g/mol. The fourth-order valence-electron chi connectivity index (χ4n) is 0.831. The second-order valence-corrected chi connectivity index (χ2v) is 3.80. The van der Waals surface area contributed by atoms with Gasteiger partial charge in [-0.15, -0.1) is 0 Å². The van der Waals surface area contributed by atoms with Crippen molar-refractivity contribution in [1.82, 2.24) is 10.3 Å². The quantitative estimate of drug-likeness (QED) is 0.680. The number of carbonyl (C=O) groups excluding carboxylic acids is 1. The Kier molecular flexibility index (Phi) is 3.67. The molecule has 1 N–H and O–H groups in total. The SMILES string of the molecule is O=C(NCC(F)(F)Br)c1cccnc1F. The Morgan fingerprint density at radius 2 is 2.27 bits per heavy atom. The lowest BCUT2D eigenvalue weighted by Crippen LogP contribution is -2.33. The highest BCUT2D eigenvalue weighted by Crippen LogP contribution is 2.19. The molecule has 1 aromatic heterocycles. The van der Waals surface area contributed by atoms with Crippen molar-refractivity contribution in [2.24, 2.45) is 0 Å². The summed E-state index contributed by atoms with van der Waals surface area (Å²) in [5.74, 6) is -1.92. The van der Waals surface area contributed by atoms with Crippen LogP contribution >= 0.6 is 15.9 Å². The van der Waals surface area contributed by atoms with Gasteiger partial charge >= 0.3 is 4.83 Å². The van der Waals surface area contributed by atoms with E-state index in [0.29, 0.717) is 0 Å². The van der Waals surface area contributed by atoms with E-state index in [2.05, 4.69) is 4.98 Å². The number of halogens is 4.